The second-order valence-corrected chi connectivity index (χ2v) is 5.45. The van der Waals surface area contributed by atoms with Gasteiger partial charge in [0.15, 0.2) is 11.6 Å². The maximum Gasteiger partial charge on any atom is 0.242 e. The third-order valence-corrected chi connectivity index (χ3v) is 3.03. The van der Waals surface area contributed by atoms with Gasteiger partial charge in [-0.05, 0) is 25.0 Å². The summed E-state index contributed by atoms with van der Waals surface area (Å²) in [4.78, 5) is 20.7. The molecule has 0 saturated carbocycles. The van der Waals surface area contributed by atoms with Crippen molar-refractivity contribution < 1.29 is 4.79 Å². The van der Waals surface area contributed by atoms with Gasteiger partial charge in [-0.1, -0.05) is 26.0 Å². The molecule has 2 rings (SSSR count). The van der Waals surface area contributed by atoms with Crippen molar-refractivity contribution in [3.8, 4) is 0 Å². The number of carbonyl (C=O) groups excluding carboxylic acids is 1. The number of nitrogens with two attached hydrogens (primary N) is 1. The van der Waals surface area contributed by atoms with Crippen molar-refractivity contribution >= 4 is 28.6 Å². The van der Waals surface area contributed by atoms with Gasteiger partial charge in [0.25, 0.3) is 0 Å². The predicted molar refractivity (Wildman–Crippen MR) is 84.9 cm³/mol. The highest BCUT2D eigenvalue weighted by Crippen LogP contribution is 2.18. The Morgan fingerprint density at radius 2 is 1.81 bits per heavy atom. The third kappa shape index (κ3) is 3.81. The largest absolute Gasteiger partial charge is 0.381 e. The molecule has 0 aliphatic rings. The van der Waals surface area contributed by atoms with E-state index < -0.39 is 6.04 Å². The second kappa shape index (κ2) is 6.39. The zero-order valence-corrected chi connectivity index (χ0v) is 12.6. The van der Waals surface area contributed by atoms with Gasteiger partial charge in [0.05, 0.1) is 11.0 Å². The maximum absolute atomic E-state index is 12.0. The molecular formula is C15H21N5O. The van der Waals surface area contributed by atoms with Gasteiger partial charge in [0, 0.05) is 6.54 Å². The minimum atomic E-state index is -0.429. The predicted octanol–water partition coefficient (Wildman–Crippen LogP) is 1.78. The van der Waals surface area contributed by atoms with Crippen molar-refractivity contribution in [3.05, 3.63) is 24.3 Å². The Kier molecular flexibility index (Phi) is 4.57. The lowest BCUT2D eigenvalue weighted by atomic mass is 10.2. The highest BCUT2D eigenvalue weighted by Gasteiger charge is 2.15. The molecule has 0 aliphatic heterocycles. The van der Waals surface area contributed by atoms with Crippen LogP contribution in [0.3, 0.4) is 0 Å². The van der Waals surface area contributed by atoms with E-state index in [1.807, 2.05) is 38.1 Å². The van der Waals surface area contributed by atoms with Crippen LogP contribution in [-0.4, -0.2) is 28.5 Å². The number of hydrogen-bond donors (Lipinski definition) is 3. The molecule has 0 radical (unpaired) electrons. The first-order valence-electron chi connectivity index (χ1n) is 7.04. The van der Waals surface area contributed by atoms with Gasteiger partial charge in [-0.25, -0.2) is 9.97 Å². The van der Waals surface area contributed by atoms with E-state index >= 15 is 0 Å². The molecule has 1 aromatic heterocycles. The number of nitrogens with one attached hydrogen (secondary N) is 2. The molecule has 2 aromatic rings. The van der Waals surface area contributed by atoms with Gasteiger partial charge in [-0.15, -0.1) is 0 Å². The Bertz CT molecular complexity index is 641. The smallest absolute Gasteiger partial charge is 0.242 e. The van der Waals surface area contributed by atoms with E-state index in [2.05, 4.69) is 20.6 Å². The van der Waals surface area contributed by atoms with Crippen molar-refractivity contribution in [2.75, 3.05) is 17.6 Å². The van der Waals surface area contributed by atoms with Crippen molar-refractivity contribution in [2.24, 2.45) is 5.92 Å². The number of carbonyl (C=O) groups is 1. The fourth-order valence-corrected chi connectivity index (χ4v) is 1.85. The van der Waals surface area contributed by atoms with Crippen LogP contribution in [0.5, 0.6) is 0 Å². The summed E-state index contributed by atoms with van der Waals surface area (Å²) in [7, 11) is 0. The molecule has 1 heterocycles. The molecule has 6 nitrogen and oxygen atoms in total. The lowest BCUT2D eigenvalue weighted by Gasteiger charge is -2.16. The van der Waals surface area contributed by atoms with Crippen molar-refractivity contribution in [2.45, 2.75) is 26.8 Å². The molecule has 0 fully saturated rings. The van der Waals surface area contributed by atoms with Crippen LogP contribution in [-0.2, 0) is 4.79 Å². The average Bonchev–Trinajstić information content (AvgIpc) is 2.45. The summed E-state index contributed by atoms with van der Waals surface area (Å²) >= 11 is 0. The van der Waals surface area contributed by atoms with Crippen LogP contribution < -0.4 is 16.4 Å². The van der Waals surface area contributed by atoms with Crippen molar-refractivity contribution in [3.63, 3.8) is 0 Å². The standard InChI is InChI=1S/C15H21N5O/c1-9(2)8-17-15(21)10(3)18-14-13(16)19-11-6-4-5-7-12(11)20-14/h4-7,9-10H,8H2,1-3H3,(H2,16,19)(H,17,21)(H,18,20). The number of nitrogen functional groups attached to an aromatic ring is 1. The van der Waals surface area contributed by atoms with Crippen LogP contribution >= 0.6 is 0 Å². The van der Waals surface area contributed by atoms with Crippen LogP contribution in [0.1, 0.15) is 20.8 Å². The Labute approximate surface area is 124 Å². The molecule has 0 saturated heterocycles. The fourth-order valence-electron chi connectivity index (χ4n) is 1.85. The second-order valence-electron chi connectivity index (χ2n) is 5.45. The number of para-hydroxylation sites is 2. The number of benzene rings is 1. The zero-order valence-electron chi connectivity index (χ0n) is 12.6. The SMILES string of the molecule is CC(C)CNC(=O)C(C)Nc1nc2ccccc2nc1N. The molecule has 6 heteroatoms. The van der Waals surface area contributed by atoms with Gasteiger partial charge in [0.2, 0.25) is 5.91 Å². The summed E-state index contributed by atoms with van der Waals surface area (Å²) in [5.41, 5.74) is 7.36. The van der Waals surface area contributed by atoms with E-state index in [9.17, 15) is 4.79 Å². The Morgan fingerprint density at radius 1 is 1.19 bits per heavy atom. The molecule has 1 atom stereocenters. The van der Waals surface area contributed by atoms with Gasteiger partial charge in [-0.3, -0.25) is 4.79 Å². The Balaban J connectivity index is 2.11. The number of rotatable bonds is 5. The van der Waals surface area contributed by atoms with Crippen LogP contribution in [0.25, 0.3) is 11.0 Å². The molecule has 0 aliphatic carbocycles. The van der Waals surface area contributed by atoms with Gasteiger partial charge in [-0.2, -0.15) is 0 Å². The van der Waals surface area contributed by atoms with Crippen LogP contribution in [0, 0.1) is 5.92 Å². The highest BCUT2D eigenvalue weighted by molar-refractivity contribution is 5.86. The Morgan fingerprint density at radius 3 is 2.43 bits per heavy atom. The summed E-state index contributed by atoms with van der Waals surface area (Å²) in [5, 5.41) is 5.88. The van der Waals surface area contributed by atoms with Crippen molar-refractivity contribution in [1.29, 1.82) is 0 Å². The number of hydrogen-bond acceptors (Lipinski definition) is 5. The molecule has 1 unspecified atom stereocenters. The molecule has 0 bridgehead atoms. The van der Waals surface area contributed by atoms with Gasteiger partial charge in [0.1, 0.15) is 6.04 Å². The summed E-state index contributed by atoms with van der Waals surface area (Å²) in [6.07, 6.45) is 0. The first-order valence-corrected chi connectivity index (χ1v) is 7.04. The normalized spacial score (nSPS) is 12.4. The molecule has 1 amide bonds. The minimum Gasteiger partial charge on any atom is -0.381 e. The summed E-state index contributed by atoms with van der Waals surface area (Å²) < 4.78 is 0. The minimum absolute atomic E-state index is 0.0851. The first kappa shape index (κ1) is 15.0. The average molecular weight is 287 g/mol. The van der Waals surface area contributed by atoms with E-state index in [0.29, 0.717) is 18.3 Å². The maximum atomic E-state index is 12.0. The lowest BCUT2D eigenvalue weighted by Crippen LogP contribution is -2.39. The molecule has 0 spiro atoms. The number of fused-ring (bicyclic) bond motifs is 1. The van der Waals surface area contributed by atoms with E-state index in [-0.39, 0.29) is 11.7 Å². The summed E-state index contributed by atoms with van der Waals surface area (Å²) in [6, 6.07) is 7.04. The molecule has 4 N–H and O–H groups in total. The van der Waals surface area contributed by atoms with E-state index in [0.717, 1.165) is 11.0 Å². The topological polar surface area (TPSA) is 92.9 Å². The Hall–Kier alpha value is -2.37. The zero-order chi connectivity index (χ0) is 15.4. The first-order chi connectivity index (χ1) is 9.97. The summed E-state index contributed by atoms with van der Waals surface area (Å²) in [5.74, 6) is 1.04. The van der Waals surface area contributed by atoms with Crippen LogP contribution in [0.15, 0.2) is 24.3 Å². The van der Waals surface area contributed by atoms with Crippen LogP contribution in [0.4, 0.5) is 11.6 Å². The van der Waals surface area contributed by atoms with E-state index in [1.165, 1.54) is 0 Å². The van der Waals surface area contributed by atoms with E-state index in [4.69, 9.17) is 5.73 Å². The third-order valence-electron chi connectivity index (χ3n) is 3.03. The molecular weight excluding hydrogens is 266 g/mol. The monoisotopic (exact) mass is 287 g/mol. The van der Waals surface area contributed by atoms with Gasteiger partial charge >= 0.3 is 0 Å². The number of anilines is 2. The van der Waals surface area contributed by atoms with Crippen LogP contribution in [0.2, 0.25) is 0 Å². The fraction of sp³-hybridized carbons (Fsp3) is 0.400. The lowest BCUT2D eigenvalue weighted by molar-refractivity contribution is -0.121. The van der Waals surface area contributed by atoms with Gasteiger partial charge < -0.3 is 16.4 Å². The molecule has 112 valence electrons. The summed E-state index contributed by atoms with van der Waals surface area (Å²) in [6.45, 7) is 6.51. The quantitative estimate of drug-likeness (QED) is 0.779. The molecule has 21 heavy (non-hydrogen) atoms. The molecule has 1 aromatic carbocycles. The number of amides is 1. The number of aromatic nitrogens is 2. The number of nitrogens with zero attached hydrogens (tertiary/aromatic N) is 2. The van der Waals surface area contributed by atoms with E-state index in [1.54, 1.807) is 6.92 Å². The van der Waals surface area contributed by atoms with Crippen molar-refractivity contribution in [1.82, 2.24) is 15.3 Å². The highest BCUT2D eigenvalue weighted by atomic mass is 16.2.